The number of rotatable bonds is 1. The Labute approximate surface area is 279 Å². The second kappa shape index (κ2) is 11.6. The van der Waals surface area contributed by atoms with Gasteiger partial charge in [0.05, 0.1) is 0 Å². The fourth-order valence-electron chi connectivity index (χ4n) is 6.33. The molecule has 225 valence electrons. The van der Waals surface area contributed by atoms with Crippen LogP contribution >= 0.6 is 0 Å². The molecule has 8 aromatic rings. The second-order valence-electron chi connectivity index (χ2n) is 13.7. The predicted octanol–water partition coefficient (Wildman–Crippen LogP) is 11.2. The third-order valence-corrected chi connectivity index (χ3v) is 8.73. The van der Waals surface area contributed by atoms with Gasteiger partial charge in [-0.25, -0.2) is 0 Å². The quantitative estimate of drug-likeness (QED) is 0.0946. The van der Waals surface area contributed by atoms with Gasteiger partial charge in [-0.1, -0.05) is 101 Å². The second-order valence-corrected chi connectivity index (χ2v) is 13.7. The van der Waals surface area contributed by atoms with Gasteiger partial charge in [0.15, 0.2) is 0 Å². The molecule has 2 heterocycles. The maximum absolute atomic E-state index is 4.74. The molecular weight excluding hydrogens is 725 g/mol. The molecule has 0 fully saturated rings. The van der Waals surface area contributed by atoms with Crippen molar-refractivity contribution >= 4 is 54.0 Å². The first kappa shape index (κ1) is 30.8. The number of hydrogen-bond acceptors (Lipinski definition) is 2. The number of aromatic nitrogens is 2. The standard InChI is InChI=1S/C23H12N.C19H24N.Ir/c1-2-7-15-14(6-1)17-10-5-11-18-16-8-3-4-9-20(16)23-22(21(17)18)19(15)12-13-24-23;1-18(2,3)15-9-7-8-14(12-15)17-13-16(10-11-20-17)19(4,5)6;/h1-8,10-13H;7,9-13H,1-6H3;/q2*-1;. The van der Waals surface area contributed by atoms with Crippen molar-refractivity contribution in [2.24, 2.45) is 0 Å². The molecule has 0 N–H and O–H groups in total. The zero-order valence-electron chi connectivity index (χ0n) is 26.6. The van der Waals surface area contributed by atoms with Gasteiger partial charge in [0, 0.05) is 32.5 Å². The number of fused-ring (bicyclic) bond motifs is 6. The predicted molar refractivity (Wildman–Crippen MR) is 188 cm³/mol. The van der Waals surface area contributed by atoms with E-state index in [9.17, 15) is 0 Å². The van der Waals surface area contributed by atoms with Crippen LogP contribution in [0, 0.1) is 12.1 Å². The van der Waals surface area contributed by atoms with E-state index in [0.717, 1.165) is 22.2 Å². The van der Waals surface area contributed by atoms with Gasteiger partial charge >= 0.3 is 0 Å². The molecule has 2 aromatic heterocycles. The Bertz CT molecular complexity index is 2040. The minimum absolute atomic E-state index is 0. The Morgan fingerprint density at radius 3 is 1.82 bits per heavy atom. The van der Waals surface area contributed by atoms with Gasteiger partial charge in [-0.2, -0.15) is 0 Å². The molecule has 3 heteroatoms. The van der Waals surface area contributed by atoms with Crippen molar-refractivity contribution in [3.63, 3.8) is 0 Å². The van der Waals surface area contributed by atoms with Crippen molar-refractivity contribution in [1.82, 2.24) is 9.97 Å². The van der Waals surface area contributed by atoms with Gasteiger partial charge < -0.3 is 9.97 Å². The molecule has 8 rings (SSSR count). The molecule has 0 bridgehead atoms. The summed E-state index contributed by atoms with van der Waals surface area (Å²) in [4.78, 5) is 9.25. The van der Waals surface area contributed by atoms with E-state index < -0.39 is 0 Å². The normalized spacial score (nSPS) is 12.0. The summed E-state index contributed by atoms with van der Waals surface area (Å²) in [7, 11) is 0. The molecule has 2 nitrogen and oxygen atoms in total. The van der Waals surface area contributed by atoms with Crippen LogP contribution in [-0.2, 0) is 30.9 Å². The number of hydrogen-bond donors (Lipinski definition) is 0. The molecule has 0 saturated carbocycles. The summed E-state index contributed by atoms with van der Waals surface area (Å²) in [6.07, 6.45) is 3.82. The summed E-state index contributed by atoms with van der Waals surface area (Å²) in [6, 6.07) is 41.0. The average molecular weight is 761 g/mol. The van der Waals surface area contributed by atoms with Crippen LogP contribution in [0.15, 0.2) is 109 Å². The van der Waals surface area contributed by atoms with Crippen molar-refractivity contribution in [2.75, 3.05) is 0 Å². The zero-order chi connectivity index (χ0) is 30.6. The van der Waals surface area contributed by atoms with Crippen LogP contribution in [0.5, 0.6) is 0 Å². The van der Waals surface area contributed by atoms with Gasteiger partial charge in [-0.05, 0) is 72.1 Å². The van der Waals surface area contributed by atoms with Crippen LogP contribution in [0.4, 0.5) is 0 Å². The molecule has 0 atom stereocenters. The summed E-state index contributed by atoms with van der Waals surface area (Å²) in [5.74, 6) is 0. The molecule has 0 unspecified atom stereocenters. The van der Waals surface area contributed by atoms with Crippen molar-refractivity contribution < 1.29 is 20.1 Å². The Hall–Kier alpha value is -4.17. The van der Waals surface area contributed by atoms with E-state index >= 15 is 0 Å². The van der Waals surface area contributed by atoms with Crippen molar-refractivity contribution in [3.05, 3.63) is 133 Å². The van der Waals surface area contributed by atoms with Crippen LogP contribution in [0.2, 0.25) is 0 Å². The molecule has 0 amide bonds. The largest absolute Gasteiger partial charge is 0.305 e. The molecule has 0 aliphatic rings. The van der Waals surface area contributed by atoms with E-state index in [4.69, 9.17) is 4.98 Å². The zero-order valence-corrected chi connectivity index (χ0v) is 29.0. The van der Waals surface area contributed by atoms with E-state index in [-0.39, 0.29) is 30.9 Å². The fraction of sp³-hybridized carbons (Fsp3) is 0.190. The van der Waals surface area contributed by atoms with Gasteiger partial charge in [-0.15, -0.1) is 65.0 Å². The number of benzene rings is 6. The number of nitrogens with zero attached hydrogens (tertiary/aromatic N) is 2. The summed E-state index contributed by atoms with van der Waals surface area (Å²) in [5.41, 5.74) is 6.03. The molecule has 1 radical (unpaired) electrons. The van der Waals surface area contributed by atoms with E-state index in [0.29, 0.717) is 0 Å². The maximum Gasteiger partial charge on any atom is 0.0167 e. The average Bonchev–Trinajstić information content (AvgIpc) is 3.04. The Balaban J connectivity index is 0.000000159. The summed E-state index contributed by atoms with van der Waals surface area (Å²) >= 11 is 0. The fourth-order valence-corrected chi connectivity index (χ4v) is 6.33. The van der Waals surface area contributed by atoms with E-state index in [1.165, 1.54) is 54.2 Å². The molecule has 6 aromatic carbocycles. The van der Waals surface area contributed by atoms with Crippen molar-refractivity contribution in [1.29, 1.82) is 0 Å². The first-order chi connectivity index (χ1) is 21.1. The number of pyridine rings is 2. The minimum atomic E-state index is 0. The molecule has 45 heavy (non-hydrogen) atoms. The van der Waals surface area contributed by atoms with Crippen LogP contribution in [-0.4, -0.2) is 9.97 Å². The van der Waals surface area contributed by atoms with Crippen LogP contribution < -0.4 is 0 Å². The minimum Gasteiger partial charge on any atom is -0.305 e. The third kappa shape index (κ3) is 5.50. The van der Waals surface area contributed by atoms with E-state index in [2.05, 4.69) is 144 Å². The summed E-state index contributed by atoms with van der Waals surface area (Å²) < 4.78 is 0. The van der Waals surface area contributed by atoms with Crippen molar-refractivity contribution in [2.45, 2.75) is 52.4 Å². The molecule has 0 spiro atoms. The first-order valence-corrected chi connectivity index (χ1v) is 15.3. The van der Waals surface area contributed by atoms with Crippen LogP contribution in [0.1, 0.15) is 52.7 Å². The Kier molecular flexibility index (Phi) is 7.98. The van der Waals surface area contributed by atoms with Crippen LogP contribution in [0.3, 0.4) is 0 Å². The smallest absolute Gasteiger partial charge is 0.0167 e. The summed E-state index contributed by atoms with van der Waals surface area (Å²) in [6.45, 7) is 13.4. The molecule has 0 saturated heterocycles. The Morgan fingerprint density at radius 1 is 0.511 bits per heavy atom. The molecular formula is C42H36IrN2-2. The van der Waals surface area contributed by atoms with E-state index in [1.54, 1.807) is 0 Å². The van der Waals surface area contributed by atoms with Gasteiger partial charge in [0.1, 0.15) is 0 Å². The topological polar surface area (TPSA) is 25.8 Å². The van der Waals surface area contributed by atoms with Gasteiger partial charge in [0.25, 0.3) is 0 Å². The Morgan fingerprint density at radius 2 is 1.11 bits per heavy atom. The summed E-state index contributed by atoms with van der Waals surface area (Å²) in [5, 5.41) is 11.4. The van der Waals surface area contributed by atoms with E-state index in [1.807, 2.05) is 24.5 Å². The third-order valence-electron chi connectivity index (χ3n) is 8.73. The maximum atomic E-state index is 4.74. The SMILES string of the molecule is CC(C)(C)c1cc[c-]c(-c2cc(C(C)(C)C)ccn2)c1.[Ir].[c-]1cccc2c1c1nccc3c4ccccc4c4cccc2c4c31. The molecule has 0 aliphatic carbocycles. The van der Waals surface area contributed by atoms with Crippen molar-refractivity contribution in [3.8, 4) is 11.3 Å². The van der Waals surface area contributed by atoms with Gasteiger partial charge in [0.2, 0.25) is 0 Å². The first-order valence-electron chi connectivity index (χ1n) is 15.3. The molecule has 0 aliphatic heterocycles. The van der Waals surface area contributed by atoms with Crippen LogP contribution in [0.25, 0.3) is 65.3 Å². The monoisotopic (exact) mass is 761 g/mol. The van der Waals surface area contributed by atoms with Gasteiger partial charge in [-0.3, -0.25) is 0 Å².